The number of ketones is 1. The molecule has 6 aromatic carbocycles. The lowest BCUT2D eigenvalue weighted by atomic mass is 9.88. The van der Waals surface area contributed by atoms with Gasteiger partial charge in [0.1, 0.15) is 5.82 Å². The van der Waals surface area contributed by atoms with Crippen LogP contribution >= 0.6 is 0 Å². The van der Waals surface area contributed by atoms with Crippen molar-refractivity contribution >= 4 is 40.9 Å². The van der Waals surface area contributed by atoms with Gasteiger partial charge in [0.2, 0.25) is 11.8 Å². The molecule has 3 saturated heterocycles. The number of terminal acetylenes is 2. The van der Waals surface area contributed by atoms with E-state index in [4.69, 9.17) is 27.5 Å². The third-order valence-electron chi connectivity index (χ3n) is 21.0. The summed E-state index contributed by atoms with van der Waals surface area (Å²) in [7, 11) is 0. The number of hydrogen-bond donors (Lipinski definition) is 1. The molecule has 14 rings (SSSR count). The number of aryl methyl sites for hydroxylation is 3. The molecule has 0 radical (unpaired) electrons. The number of anilines is 1. The van der Waals surface area contributed by atoms with Gasteiger partial charge in [0.15, 0.2) is 11.6 Å². The van der Waals surface area contributed by atoms with E-state index in [0.717, 1.165) is 175 Å². The molecule has 16 nitrogen and oxygen atoms in total. The van der Waals surface area contributed by atoms with E-state index in [2.05, 4.69) is 119 Å². The summed E-state index contributed by atoms with van der Waals surface area (Å²) in [5.74, 6) is 9.99. The molecule has 4 aliphatic heterocycles. The number of carbonyl (C=O) groups excluding carboxylic acids is 4. The van der Waals surface area contributed by atoms with Crippen LogP contribution in [0.5, 0.6) is 0 Å². The molecule has 0 aliphatic carbocycles. The molecule has 1 N–H and O–H groups in total. The fourth-order valence-corrected chi connectivity index (χ4v) is 14.6. The number of aliphatic imine (C=N–C) groups is 1. The number of benzene rings is 6. The summed E-state index contributed by atoms with van der Waals surface area (Å²) in [6.45, 7) is 18.9. The van der Waals surface area contributed by atoms with E-state index in [1.54, 1.807) is 18.6 Å². The molecule has 16 heteroatoms. The van der Waals surface area contributed by atoms with E-state index in [9.17, 15) is 19.2 Å². The van der Waals surface area contributed by atoms with Crippen LogP contribution < -0.4 is 5.32 Å². The van der Waals surface area contributed by atoms with Crippen molar-refractivity contribution < 1.29 is 23.6 Å². The van der Waals surface area contributed by atoms with Gasteiger partial charge in [0.05, 0.1) is 18.1 Å². The fraction of sp³-hybridized carbons (Fsp3) is 0.315. The maximum absolute atomic E-state index is 13.4. The number of piperidine rings is 3. The Morgan fingerprint density at radius 3 is 1.43 bits per heavy atom. The van der Waals surface area contributed by atoms with Crippen LogP contribution in [0, 0.1) is 62.7 Å². The monoisotopic (exact) mass is 1430 g/mol. The van der Waals surface area contributed by atoms with Gasteiger partial charge in [0, 0.05) is 145 Å². The van der Waals surface area contributed by atoms with Crippen molar-refractivity contribution in [2.45, 2.75) is 143 Å². The van der Waals surface area contributed by atoms with E-state index in [1.807, 2.05) is 157 Å². The Balaban J connectivity index is 0.000000151. The van der Waals surface area contributed by atoms with E-state index in [1.165, 1.54) is 22.3 Å². The Morgan fingerprint density at radius 1 is 0.537 bits per heavy atom. The molecule has 4 aromatic heterocycles. The number of likely N-dealkylation sites (tertiary alicyclic amines) is 3. The first-order valence-electron chi connectivity index (χ1n) is 37.7. The number of nitriles is 1. The zero-order valence-electron chi connectivity index (χ0n) is 62.9. The summed E-state index contributed by atoms with van der Waals surface area (Å²) in [6, 6.07) is 56.2. The molecule has 3 fully saturated rings. The Labute approximate surface area is 635 Å². The minimum absolute atomic E-state index is 0.0652. The molecule has 108 heavy (non-hydrogen) atoms. The number of nitrogens with zero attached hydrogens (tertiary/aromatic N) is 10. The highest BCUT2D eigenvalue weighted by Gasteiger charge is 2.29. The molecule has 0 saturated carbocycles. The van der Waals surface area contributed by atoms with Crippen LogP contribution in [0.25, 0.3) is 11.5 Å². The molecule has 0 atom stereocenters. The van der Waals surface area contributed by atoms with E-state index in [-0.39, 0.29) is 23.5 Å². The van der Waals surface area contributed by atoms with Crippen LogP contribution in [0.3, 0.4) is 0 Å². The molecule has 0 unspecified atom stereocenters. The Kier molecular flexibility index (Phi) is 24.9. The number of fused-ring (bicyclic) bond motifs is 1. The molecule has 3 amide bonds. The van der Waals surface area contributed by atoms with Crippen molar-refractivity contribution in [3.05, 3.63) is 289 Å². The normalized spacial score (nSPS) is 14.5. The van der Waals surface area contributed by atoms with Crippen LogP contribution in [0.1, 0.15) is 216 Å². The maximum Gasteiger partial charge on any atom is 0.253 e. The second kappa shape index (κ2) is 35.4. The second-order valence-electron chi connectivity index (χ2n) is 29.5. The zero-order valence-corrected chi connectivity index (χ0v) is 62.9. The van der Waals surface area contributed by atoms with E-state index < -0.39 is 0 Å². The van der Waals surface area contributed by atoms with Crippen molar-refractivity contribution in [1.29, 1.82) is 5.26 Å². The van der Waals surface area contributed by atoms with E-state index in [0.29, 0.717) is 77.4 Å². The van der Waals surface area contributed by atoms with Crippen LogP contribution in [0.2, 0.25) is 0 Å². The summed E-state index contributed by atoms with van der Waals surface area (Å²) >= 11 is 0. The highest BCUT2D eigenvalue weighted by Crippen LogP contribution is 2.35. The summed E-state index contributed by atoms with van der Waals surface area (Å²) in [4.78, 5) is 76.2. The smallest absolute Gasteiger partial charge is 0.253 e. The first kappa shape index (κ1) is 75.7. The lowest BCUT2D eigenvalue weighted by Crippen LogP contribution is -2.38. The maximum atomic E-state index is 13.4. The Hall–Kier alpha value is -11.9. The van der Waals surface area contributed by atoms with Gasteiger partial charge in [-0.2, -0.15) is 5.26 Å². The largest absolute Gasteiger partial charge is 0.420 e. The molecular weight excluding hydrogens is 1340 g/mol. The SMILES string of the molecule is C#Cc1ccc(C2CCN(C(=O)c3ccc(C)c(Cc4ccc(C(=O)CC(C)C)cn4)c3)CC2)cc1.C#Cc1ccc(C2CCN(C(=O)c3ccc(C)c(Cc4nnc(-c5ccncc5)o4)c3)CC2)cc1.Cc1ccc(C(=O)N2CCC(c3ccc(C#N)cc3)CC2)cc1CC1=Nc2nc(NC(C)C)ccc2C1. The van der Waals surface area contributed by atoms with E-state index >= 15 is 0 Å². The fourth-order valence-electron chi connectivity index (χ4n) is 14.6. The van der Waals surface area contributed by atoms with Gasteiger partial charge < -0.3 is 24.4 Å². The summed E-state index contributed by atoms with van der Waals surface area (Å²) in [6.07, 6.45) is 24.8. The van der Waals surface area contributed by atoms with Crippen molar-refractivity contribution in [3.63, 3.8) is 0 Å². The lowest BCUT2D eigenvalue weighted by Gasteiger charge is -2.32. The van der Waals surface area contributed by atoms with Crippen LogP contribution in [0.4, 0.5) is 11.6 Å². The number of hydrogen-bond acceptors (Lipinski definition) is 13. The first-order valence-corrected chi connectivity index (χ1v) is 37.7. The van der Waals surface area contributed by atoms with Gasteiger partial charge >= 0.3 is 0 Å². The van der Waals surface area contributed by atoms with Gasteiger partial charge in [-0.1, -0.05) is 86.4 Å². The van der Waals surface area contributed by atoms with Gasteiger partial charge in [0.25, 0.3) is 17.7 Å². The van der Waals surface area contributed by atoms with Crippen molar-refractivity contribution in [3.8, 4) is 42.2 Å². The topological polar surface area (TPSA) is 204 Å². The van der Waals surface area contributed by atoms with Crippen molar-refractivity contribution in [2.24, 2.45) is 10.9 Å². The standard InChI is InChI=1S/C32H34N2O2.C31H33N5O.C29H26N4O2/c1-5-24-7-10-25(11-8-24)26-14-16-34(17-15-26)32(36)27-9-6-23(4)29(19-27)20-30-13-12-28(21-33-30)31(35)18-22(2)3;1-20(2)33-29-11-10-25-17-28(34-30(25)35-29)18-27-16-26(7-4-21(27)3)31(37)36-14-12-24(13-15-36)23-8-5-22(19-32)6-9-23;1-3-21-5-8-22(9-6-21)23-12-16-33(17-13-23)29(34)25-7-4-20(2)26(18-25)19-27-31-32-28(35-27)24-10-14-30-15-11-24/h1,6-13,19,21-22,26H,14-18,20H2,2-4H3;4-11,16,20,24H,12-15,17-18H2,1-3H3,(H,33,35);1,4-11,14-15,18,23H,12-13,16-17,19H2,2H3. The molecule has 546 valence electrons. The number of nitrogens with one attached hydrogen (secondary N) is 1. The number of carbonyl (C=O) groups is 4. The quantitative estimate of drug-likeness (QED) is 0.0630. The van der Waals surface area contributed by atoms with Crippen molar-refractivity contribution in [1.82, 2.24) is 39.8 Å². The minimum Gasteiger partial charge on any atom is -0.420 e. The average Bonchev–Trinajstić information content (AvgIpc) is 1.73. The molecule has 0 spiro atoms. The Morgan fingerprint density at radius 2 is 0.991 bits per heavy atom. The average molecular weight is 1430 g/mol. The second-order valence-corrected chi connectivity index (χ2v) is 29.5. The highest BCUT2D eigenvalue weighted by molar-refractivity contribution is 5.98. The summed E-state index contributed by atoms with van der Waals surface area (Å²) < 4.78 is 5.86. The van der Waals surface area contributed by atoms with Crippen LogP contribution in [0.15, 0.2) is 192 Å². The Bertz CT molecular complexity index is 5000. The minimum atomic E-state index is 0.0652. The lowest BCUT2D eigenvalue weighted by molar-refractivity contribution is 0.0705. The molecule has 0 bridgehead atoms. The van der Waals surface area contributed by atoms with Gasteiger partial charge in [-0.25, -0.2) is 9.98 Å². The number of amides is 3. The number of Topliss-reactive ketones (excluding diaryl/α,β-unsaturated/α-hetero) is 1. The predicted molar refractivity (Wildman–Crippen MR) is 426 cm³/mol. The third-order valence-corrected chi connectivity index (χ3v) is 21.0. The zero-order chi connectivity index (χ0) is 75.8. The number of aromatic nitrogens is 5. The first-order chi connectivity index (χ1) is 52.3. The van der Waals surface area contributed by atoms with Crippen LogP contribution in [-0.4, -0.2) is 114 Å². The van der Waals surface area contributed by atoms with Gasteiger partial charge in [-0.3, -0.25) is 29.1 Å². The summed E-state index contributed by atoms with van der Waals surface area (Å²) in [5, 5.41) is 20.7. The van der Waals surface area contributed by atoms with Crippen molar-refractivity contribution in [2.75, 3.05) is 44.6 Å². The predicted octanol–water partition coefficient (Wildman–Crippen LogP) is 17.2. The highest BCUT2D eigenvalue weighted by atomic mass is 16.4. The van der Waals surface area contributed by atoms with Gasteiger partial charge in [-0.05, 0) is 250 Å². The number of rotatable bonds is 18. The molecule has 8 heterocycles. The summed E-state index contributed by atoms with van der Waals surface area (Å²) in [5.41, 5.74) is 19.7. The number of pyridine rings is 3. The third kappa shape index (κ3) is 19.4. The molecule has 4 aliphatic rings. The van der Waals surface area contributed by atoms with Gasteiger partial charge in [-0.15, -0.1) is 23.0 Å². The molecular formula is C92H93N11O5. The molecule has 10 aromatic rings. The van der Waals surface area contributed by atoms with Crippen LogP contribution in [-0.2, 0) is 25.7 Å².